The maximum atomic E-state index is 6.11. The summed E-state index contributed by atoms with van der Waals surface area (Å²) in [5.41, 5.74) is 7.53. The zero-order valence-electron chi connectivity index (χ0n) is 11.1. The molecule has 1 fully saturated rings. The van der Waals surface area contributed by atoms with Gasteiger partial charge in [0.2, 0.25) is 5.88 Å². The minimum atomic E-state index is 0.301. The molecule has 100 valence electrons. The second-order valence-electron chi connectivity index (χ2n) is 5.07. The summed E-state index contributed by atoms with van der Waals surface area (Å²) in [5.74, 6) is 1.34. The first-order valence-electron chi connectivity index (χ1n) is 6.70. The Labute approximate surface area is 117 Å². The lowest BCUT2D eigenvalue weighted by molar-refractivity contribution is 0.0850. The van der Waals surface area contributed by atoms with Crippen LogP contribution in [0.5, 0.6) is 5.88 Å². The predicted molar refractivity (Wildman–Crippen MR) is 77.8 cm³/mol. The maximum absolute atomic E-state index is 6.11. The summed E-state index contributed by atoms with van der Waals surface area (Å²) in [6, 6.07) is 0. The fourth-order valence-electron chi connectivity index (χ4n) is 2.59. The van der Waals surface area contributed by atoms with Crippen LogP contribution in [-0.4, -0.2) is 11.1 Å². The molecule has 0 bridgehead atoms. The molecule has 0 spiro atoms. The summed E-state index contributed by atoms with van der Waals surface area (Å²) in [6.07, 6.45) is 8.15. The van der Waals surface area contributed by atoms with Crippen molar-refractivity contribution in [1.29, 1.82) is 0 Å². The van der Waals surface area contributed by atoms with Crippen LogP contribution in [0.3, 0.4) is 0 Å². The van der Waals surface area contributed by atoms with E-state index in [2.05, 4.69) is 27.8 Å². The number of anilines is 1. The Balaban J connectivity index is 2.15. The molecule has 0 saturated heterocycles. The van der Waals surface area contributed by atoms with Crippen molar-refractivity contribution in [3.63, 3.8) is 0 Å². The average molecular weight is 313 g/mol. The smallest absolute Gasteiger partial charge is 0.228 e. The molecule has 1 heterocycles. The van der Waals surface area contributed by atoms with Gasteiger partial charge < -0.3 is 10.5 Å². The molecule has 18 heavy (non-hydrogen) atoms. The van der Waals surface area contributed by atoms with E-state index in [1.807, 2.05) is 6.92 Å². The SMILES string of the molecule is CCC1CCCCC1Oc1ncc(N)c(C)c1Br. The third kappa shape index (κ3) is 2.79. The molecule has 4 heteroatoms. The van der Waals surface area contributed by atoms with E-state index in [4.69, 9.17) is 10.5 Å². The highest BCUT2D eigenvalue weighted by molar-refractivity contribution is 9.10. The van der Waals surface area contributed by atoms with Crippen LogP contribution in [0.25, 0.3) is 0 Å². The van der Waals surface area contributed by atoms with E-state index in [0.29, 0.717) is 23.6 Å². The monoisotopic (exact) mass is 312 g/mol. The number of halogens is 1. The summed E-state index contributed by atoms with van der Waals surface area (Å²) >= 11 is 3.53. The van der Waals surface area contributed by atoms with Gasteiger partial charge in [0.25, 0.3) is 0 Å². The number of nitrogen functional groups attached to an aromatic ring is 1. The van der Waals surface area contributed by atoms with Gasteiger partial charge in [-0.15, -0.1) is 0 Å². The van der Waals surface area contributed by atoms with Crippen LogP contribution in [0.4, 0.5) is 5.69 Å². The second kappa shape index (κ2) is 5.91. The predicted octanol–water partition coefficient (Wildman–Crippen LogP) is 4.08. The van der Waals surface area contributed by atoms with Crippen molar-refractivity contribution < 1.29 is 4.74 Å². The molecule has 2 rings (SSSR count). The third-order valence-electron chi connectivity index (χ3n) is 3.90. The fourth-order valence-corrected chi connectivity index (χ4v) is 3.01. The van der Waals surface area contributed by atoms with Crippen LogP contribution in [0.15, 0.2) is 10.7 Å². The van der Waals surface area contributed by atoms with Crippen molar-refractivity contribution in [2.45, 2.75) is 52.1 Å². The number of nitrogens with zero attached hydrogens (tertiary/aromatic N) is 1. The van der Waals surface area contributed by atoms with Gasteiger partial charge in [0.05, 0.1) is 16.4 Å². The van der Waals surface area contributed by atoms with Crippen molar-refractivity contribution in [1.82, 2.24) is 4.98 Å². The first kappa shape index (κ1) is 13.7. The van der Waals surface area contributed by atoms with Gasteiger partial charge in [-0.1, -0.05) is 13.3 Å². The lowest BCUT2D eigenvalue weighted by atomic mass is 9.85. The Morgan fingerprint density at radius 3 is 2.89 bits per heavy atom. The van der Waals surface area contributed by atoms with Crippen LogP contribution < -0.4 is 10.5 Å². The van der Waals surface area contributed by atoms with E-state index < -0.39 is 0 Å². The van der Waals surface area contributed by atoms with Crippen molar-refractivity contribution in [2.24, 2.45) is 5.92 Å². The van der Waals surface area contributed by atoms with Crippen molar-refractivity contribution >= 4 is 21.6 Å². The number of aromatic nitrogens is 1. The van der Waals surface area contributed by atoms with E-state index in [0.717, 1.165) is 16.5 Å². The zero-order valence-corrected chi connectivity index (χ0v) is 12.7. The van der Waals surface area contributed by atoms with Gasteiger partial charge in [-0.2, -0.15) is 0 Å². The summed E-state index contributed by atoms with van der Waals surface area (Å²) in [4.78, 5) is 4.31. The normalized spacial score (nSPS) is 23.9. The van der Waals surface area contributed by atoms with Gasteiger partial charge in [0.15, 0.2) is 0 Å². The number of rotatable bonds is 3. The van der Waals surface area contributed by atoms with Gasteiger partial charge in [-0.05, 0) is 60.0 Å². The number of ether oxygens (including phenoxy) is 1. The molecule has 0 aliphatic heterocycles. The molecular weight excluding hydrogens is 292 g/mol. The van der Waals surface area contributed by atoms with Crippen LogP contribution >= 0.6 is 15.9 Å². The van der Waals surface area contributed by atoms with Crippen LogP contribution in [0.1, 0.15) is 44.6 Å². The molecule has 1 aromatic rings. The fraction of sp³-hybridized carbons (Fsp3) is 0.643. The van der Waals surface area contributed by atoms with E-state index in [9.17, 15) is 0 Å². The minimum absolute atomic E-state index is 0.301. The lowest BCUT2D eigenvalue weighted by Gasteiger charge is -2.31. The van der Waals surface area contributed by atoms with Crippen LogP contribution in [0, 0.1) is 12.8 Å². The Morgan fingerprint density at radius 2 is 2.17 bits per heavy atom. The Bertz CT molecular complexity index is 423. The molecule has 1 aromatic heterocycles. The third-order valence-corrected chi connectivity index (χ3v) is 4.83. The average Bonchev–Trinajstić information content (AvgIpc) is 2.40. The number of nitrogens with two attached hydrogens (primary N) is 1. The molecule has 1 saturated carbocycles. The highest BCUT2D eigenvalue weighted by Gasteiger charge is 2.26. The van der Waals surface area contributed by atoms with Crippen molar-refractivity contribution in [2.75, 3.05) is 5.73 Å². The first-order valence-corrected chi connectivity index (χ1v) is 7.50. The van der Waals surface area contributed by atoms with E-state index in [-0.39, 0.29) is 0 Å². The Hall–Kier alpha value is -0.770. The van der Waals surface area contributed by atoms with Gasteiger partial charge in [-0.3, -0.25) is 0 Å². The molecule has 0 amide bonds. The van der Waals surface area contributed by atoms with Gasteiger partial charge in [0, 0.05) is 0 Å². The Kier molecular flexibility index (Phi) is 4.49. The maximum Gasteiger partial charge on any atom is 0.228 e. The van der Waals surface area contributed by atoms with Crippen LogP contribution in [-0.2, 0) is 0 Å². The van der Waals surface area contributed by atoms with E-state index >= 15 is 0 Å². The zero-order chi connectivity index (χ0) is 13.1. The molecule has 2 atom stereocenters. The summed E-state index contributed by atoms with van der Waals surface area (Å²) in [7, 11) is 0. The quantitative estimate of drug-likeness (QED) is 0.914. The molecule has 2 unspecified atom stereocenters. The lowest BCUT2D eigenvalue weighted by Crippen LogP contribution is -2.30. The van der Waals surface area contributed by atoms with Gasteiger partial charge >= 0.3 is 0 Å². The molecule has 0 radical (unpaired) electrons. The number of hydrogen-bond acceptors (Lipinski definition) is 3. The largest absolute Gasteiger partial charge is 0.473 e. The highest BCUT2D eigenvalue weighted by Crippen LogP contribution is 2.34. The topological polar surface area (TPSA) is 48.1 Å². The summed E-state index contributed by atoms with van der Waals surface area (Å²) in [6.45, 7) is 4.22. The van der Waals surface area contributed by atoms with E-state index in [1.165, 1.54) is 25.7 Å². The first-order chi connectivity index (χ1) is 8.63. The number of pyridine rings is 1. The summed E-state index contributed by atoms with van der Waals surface area (Å²) in [5, 5.41) is 0. The van der Waals surface area contributed by atoms with Crippen molar-refractivity contribution in [3.05, 3.63) is 16.2 Å². The Morgan fingerprint density at radius 1 is 1.44 bits per heavy atom. The molecule has 0 aromatic carbocycles. The summed E-state index contributed by atoms with van der Waals surface area (Å²) < 4.78 is 7.00. The molecule has 1 aliphatic carbocycles. The molecule has 3 nitrogen and oxygen atoms in total. The van der Waals surface area contributed by atoms with Gasteiger partial charge in [0.1, 0.15) is 6.10 Å². The molecule has 1 aliphatic rings. The highest BCUT2D eigenvalue weighted by atomic mass is 79.9. The second-order valence-corrected chi connectivity index (χ2v) is 5.86. The molecule has 2 N–H and O–H groups in total. The van der Waals surface area contributed by atoms with Gasteiger partial charge in [-0.25, -0.2) is 4.98 Å². The van der Waals surface area contributed by atoms with Crippen LogP contribution in [0.2, 0.25) is 0 Å². The van der Waals surface area contributed by atoms with Crippen molar-refractivity contribution in [3.8, 4) is 5.88 Å². The standard InChI is InChI=1S/C14H21BrN2O/c1-3-10-6-4-5-7-12(10)18-14-13(15)9(2)11(16)8-17-14/h8,10,12H,3-7,16H2,1-2H3. The minimum Gasteiger partial charge on any atom is -0.473 e. The number of hydrogen-bond donors (Lipinski definition) is 1. The molecular formula is C14H21BrN2O. The van der Waals surface area contributed by atoms with E-state index in [1.54, 1.807) is 6.20 Å².